The molecule has 0 bridgehead atoms. The van der Waals surface area contributed by atoms with Crippen molar-refractivity contribution in [2.45, 2.75) is 38.7 Å². The summed E-state index contributed by atoms with van der Waals surface area (Å²) in [5.41, 5.74) is 1.39. The molecule has 0 saturated carbocycles. The van der Waals surface area contributed by atoms with Gasteiger partial charge in [-0.05, 0) is 51.0 Å². The quantitative estimate of drug-likeness (QED) is 0.828. The molecule has 0 aromatic heterocycles. The molecule has 1 atom stereocenters. The van der Waals surface area contributed by atoms with Gasteiger partial charge < -0.3 is 9.84 Å². The van der Waals surface area contributed by atoms with Gasteiger partial charge in [0.1, 0.15) is 5.75 Å². The maximum Gasteiger partial charge on any atom is 0.240 e. The van der Waals surface area contributed by atoms with Crippen molar-refractivity contribution in [1.82, 2.24) is 4.72 Å². The lowest BCUT2D eigenvalue weighted by atomic mass is 10.1. The molecule has 0 aliphatic rings. The van der Waals surface area contributed by atoms with Gasteiger partial charge in [0, 0.05) is 6.54 Å². The zero-order chi connectivity index (χ0) is 14.6. The summed E-state index contributed by atoms with van der Waals surface area (Å²) in [7, 11) is -3.61. The van der Waals surface area contributed by atoms with E-state index in [0.717, 1.165) is 5.56 Å². The lowest BCUT2D eigenvalue weighted by Crippen LogP contribution is -2.31. The number of hydrogen-bond donors (Lipinski definition) is 2. The minimum absolute atomic E-state index is 0.00592. The number of ether oxygens (including phenoxy) is 1. The molecule has 0 aliphatic carbocycles. The summed E-state index contributed by atoms with van der Waals surface area (Å²) in [6.45, 7) is 7.46. The van der Waals surface area contributed by atoms with E-state index >= 15 is 0 Å². The Kier molecular flexibility index (Phi) is 5.34. The molecule has 0 radical (unpaired) electrons. The molecule has 1 aromatic carbocycles. The zero-order valence-electron chi connectivity index (χ0n) is 11.7. The third kappa shape index (κ3) is 4.19. The van der Waals surface area contributed by atoms with Crippen LogP contribution in [0.4, 0.5) is 0 Å². The Morgan fingerprint density at radius 2 is 1.95 bits per heavy atom. The third-order valence-electron chi connectivity index (χ3n) is 2.63. The van der Waals surface area contributed by atoms with E-state index in [1.54, 1.807) is 26.0 Å². The van der Waals surface area contributed by atoms with Crippen LogP contribution in [0.25, 0.3) is 0 Å². The molecule has 1 rings (SSSR count). The van der Waals surface area contributed by atoms with Gasteiger partial charge in [-0.15, -0.1) is 0 Å². The van der Waals surface area contributed by atoms with Crippen molar-refractivity contribution in [2.24, 2.45) is 0 Å². The van der Waals surface area contributed by atoms with Crippen LogP contribution in [0.2, 0.25) is 0 Å². The molecule has 0 amide bonds. The largest absolute Gasteiger partial charge is 0.494 e. The van der Waals surface area contributed by atoms with Crippen LogP contribution in [0.5, 0.6) is 5.75 Å². The topological polar surface area (TPSA) is 75.6 Å². The van der Waals surface area contributed by atoms with Gasteiger partial charge in [-0.2, -0.15) is 0 Å². The van der Waals surface area contributed by atoms with Crippen molar-refractivity contribution >= 4 is 10.0 Å². The summed E-state index contributed by atoms with van der Waals surface area (Å²) in [6, 6.07) is 3.31. The highest BCUT2D eigenvalue weighted by Crippen LogP contribution is 2.25. The van der Waals surface area contributed by atoms with E-state index in [1.165, 1.54) is 6.92 Å². The molecule has 0 spiro atoms. The second kappa shape index (κ2) is 6.36. The second-order valence-electron chi connectivity index (χ2n) is 4.52. The highest BCUT2D eigenvalue weighted by molar-refractivity contribution is 7.89. The van der Waals surface area contributed by atoms with E-state index in [9.17, 15) is 8.42 Å². The maximum absolute atomic E-state index is 12.1. The van der Waals surface area contributed by atoms with E-state index in [0.29, 0.717) is 17.9 Å². The van der Waals surface area contributed by atoms with Gasteiger partial charge in [0.25, 0.3) is 0 Å². The minimum Gasteiger partial charge on any atom is -0.494 e. The van der Waals surface area contributed by atoms with E-state index in [2.05, 4.69) is 4.72 Å². The Hall–Kier alpha value is -1.11. The number of rotatable bonds is 6. The Balaban J connectivity index is 3.10. The summed E-state index contributed by atoms with van der Waals surface area (Å²) < 4.78 is 32.0. The van der Waals surface area contributed by atoms with Crippen LogP contribution in [0.1, 0.15) is 25.0 Å². The van der Waals surface area contributed by atoms with Crippen molar-refractivity contribution in [1.29, 1.82) is 0 Å². The summed E-state index contributed by atoms with van der Waals surface area (Å²) in [5.74, 6) is 0.689. The molecule has 1 unspecified atom stereocenters. The van der Waals surface area contributed by atoms with Crippen LogP contribution in [0, 0.1) is 13.8 Å². The van der Waals surface area contributed by atoms with Crippen LogP contribution in [-0.2, 0) is 10.0 Å². The fourth-order valence-corrected chi connectivity index (χ4v) is 3.10. The van der Waals surface area contributed by atoms with Gasteiger partial charge in [-0.1, -0.05) is 0 Å². The first-order chi connectivity index (χ1) is 8.77. The van der Waals surface area contributed by atoms with Crippen molar-refractivity contribution < 1.29 is 18.3 Å². The number of sulfonamides is 1. The number of aliphatic hydroxyl groups is 1. The van der Waals surface area contributed by atoms with Crippen LogP contribution in [-0.4, -0.2) is 32.8 Å². The van der Waals surface area contributed by atoms with E-state index in [-0.39, 0.29) is 11.4 Å². The van der Waals surface area contributed by atoms with Gasteiger partial charge in [0.15, 0.2) is 0 Å². The molecule has 2 N–H and O–H groups in total. The van der Waals surface area contributed by atoms with Crippen molar-refractivity contribution in [3.8, 4) is 5.75 Å². The van der Waals surface area contributed by atoms with Crippen molar-refractivity contribution in [3.63, 3.8) is 0 Å². The Morgan fingerprint density at radius 1 is 1.32 bits per heavy atom. The lowest BCUT2D eigenvalue weighted by molar-refractivity contribution is 0.198. The molecule has 19 heavy (non-hydrogen) atoms. The second-order valence-corrected chi connectivity index (χ2v) is 6.25. The third-order valence-corrected chi connectivity index (χ3v) is 4.20. The average Bonchev–Trinajstić information content (AvgIpc) is 2.31. The number of nitrogens with one attached hydrogen (secondary N) is 1. The normalized spacial score (nSPS) is 13.3. The van der Waals surface area contributed by atoms with Crippen LogP contribution in [0.15, 0.2) is 17.0 Å². The Bertz CT molecular complexity index is 538. The predicted octanol–water partition coefficient (Wildman–Crippen LogP) is 1.36. The first-order valence-electron chi connectivity index (χ1n) is 6.19. The molecule has 0 saturated heterocycles. The van der Waals surface area contributed by atoms with Crippen LogP contribution >= 0.6 is 0 Å². The molecular formula is C13H21NO4S. The SMILES string of the molecule is CCOc1cc(C)c(S(=O)(=O)NCC(C)O)cc1C. The average molecular weight is 287 g/mol. The Morgan fingerprint density at radius 3 is 2.47 bits per heavy atom. The molecule has 0 fully saturated rings. The molecular weight excluding hydrogens is 266 g/mol. The Labute approximate surface area is 114 Å². The minimum atomic E-state index is -3.61. The number of benzene rings is 1. The van der Waals surface area contributed by atoms with Crippen LogP contribution in [0.3, 0.4) is 0 Å². The standard InChI is InChI=1S/C13H21NO4S/c1-5-18-12-6-10(3)13(7-9(12)2)19(16,17)14-8-11(4)15/h6-7,11,14-15H,5,8H2,1-4H3. The maximum atomic E-state index is 12.1. The van der Waals surface area contributed by atoms with Gasteiger partial charge in [-0.25, -0.2) is 13.1 Å². The highest BCUT2D eigenvalue weighted by atomic mass is 32.2. The summed E-state index contributed by atoms with van der Waals surface area (Å²) >= 11 is 0. The first-order valence-corrected chi connectivity index (χ1v) is 7.68. The van der Waals surface area contributed by atoms with Crippen molar-refractivity contribution in [3.05, 3.63) is 23.3 Å². The summed E-state index contributed by atoms with van der Waals surface area (Å²) in [6.07, 6.45) is -0.723. The van der Waals surface area contributed by atoms with Crippen LogP contribution < -0.4 is 9.46 Å². The fraction of sp³-hybridized carbons (Fsp3) is 0.538. The van der Waals surface area contributed by atoms with E-state index in [1.807, 2.05) is 6.92 Å². The molecule has 0 aliphatic heterocycles. The molecule has 6 heteroatoms. The number of hydrogen-bond acceptors (Lipinski definition) is 4. The van der Waals surface area contributed by atoms with E-state index < -0.39 is 16.1 Å². The van der Waals surface area contributed by atoms with E-state index in [4.69, 9.17) is 9.84 Å². The molecule has 108 valence electrons. The summed E-state index contributed by atoms with van der Waals surface area (Å²) in [5, 5.41) is 9.15. The lowest BCUT2D eigenvalue weighted by Gasteiger charge is -2.14. The smallest absolute Gasteiger partial charge is 0.240 e. The van der Waals surface area contributed by atoms with Gasteiger partial charge >= 0.3 is 0 Å². The molecule has 1 aromatic rings. The molecule has 5 nitrogen and oxygen atoms in total. The number of aryl methyl sites for hydroxylation is 2. The highest BCUT2D eigenvalue weighted by Gasteiger charge is 2.19. The summed E-state index contributed by atoms with van der Waals surface area (Å²) in [4.78, 5) is 0.217. The zero-order valence-corrected chi connectivity index (χ0v) is 12.5. The van der Waals surface area contributed by atoms with Gasteiger partial charge in [0.2, 0.25) is 10.0 Å². The van der Waals surface area contributed by atoms with Gasteiger partial charge in [-0.3, -0.25) is 0 Å². The molecule has 0 heterocycles. The number of aliphatic hydroxyl groups excluding tert-OH is 1. The van der Waals surface area contributed by atoms with Gasteiger partial charge in [0.05, 0.1) is 17.6 Å². The monoisotopic (exact) mass is 287 g/mol. The predicted molar refractivity (Wildman–Crippen MR) is 74.0 cm³/mol. The fourth-order valence-electron chi connectivity index (χ4n) is 1.67. The van der Waals surface area contributed by atoms with Crippen molar-refractivity contribution in [2.75, 3.05) is 13.2 Å². The first kappa shape index (κ1) is 15.9.